The molecule has 0 bridgehead atoms. The second kappa shape index (κ2) is 5.18. The van der Waals surface area contributed by atoms with Gasteiger partial charge in [-0.25, -0.2) is 0 Å². The van der Waals surface area contributed by atoms with Crippen molar-refractivity contribution in [1.82, 2.24) is 0 Å². The zero-order valence-electron chi connectivity index (χ0n) is 10.6. The summed E-state index contributed by atoms with van der Waals surface area (Å²) in [7, 11) is 0. The standard InChI is InChI=1S/C14H19BrS2/c1-13(2,3)14(16-9-4-10-17-14)11-5-7-12(15)8-6-11/h5-8H,4,9-10H2,1-3H3. The SMILES string of the molecule is CC(C)(C)C1(c2ccc(Br)cc2)SCCCS1. The first-order valence-corrected chi connectivity index (χ1v) is 8.76. The average molecular weight is 331 g/mol. The van der Waals surface area contributed by atoms with Gasteiger partial charge in [-0.15, -0.1) is 23.5 Å². The molecule has 1 aliphatic rings. The van der Waals surface area contributed by atoms with Gasteiger partial charge in [-0.3, -0.25) is 0 Å². The number of hydrogen-bond acceptors (Lipinski definition) is 2. The van der Waals surface area contributed by atoms with Crippen molar-refractivity contribution >= 4 is 39.5 Å². The Hall–Kier alpha value is 0.400. The first-order chi connectivity index (χ1) is 7.96. The third kappa shape index (κ3) is 2.71. The monoisotopic (exact) mass is 330 g/mol. The molecular formula is C14H19BrS2. The van der Waals surface area contributed by atoms with Crippen LogP contribution in [-0.4, -0.2) is 11.5 Å². The Balaban J connectivity index is 2.43. The van der Waals surface area contributed by atoms with Gasteiger partial charge in [-0.05, 0) is 41.0 Å². The first-order valence-electron chi connectivity index (χ1n) is 6.00. The van der Waals surface area contributed by atoms with Crippen LogP contribution in [0.3, 0.4) is 0 Å². The highest BCUT2D eigenvalue weighted by Gasteiger charge is 2.45. The lowest BCUT2D eigenvalue weighted by Gasteiger charge is -2.46. The van der Waals surface area contributed by atoms with Crippen LogP contribution in [-0.2, 0) is 4.08 Å². The molecular weight excluding hydrogens is 312 g/mol. The van der Waals surface area contributed by atoms with Gasteiger partial charge in [0, 0.05) is 4.47 Å². The van der Waals surface area contributed by atoms with Gasteiger partial charge in [0.25, 0.3) is 0 Å². The number of benzene rings is 1. The van der Waals surface area contributed by atoms with Crippen LogP contribution < -0.4 is 0 Å². The Labute approximate surface area is 121 Å². The fraction of sp³-hybridized carbons (Fsp3) is 0.571. The Bertz CT molecular complexity index is 372. The maximum atomic E-state index is 3.52. The summed E-state index contributed by atoms with van der Waals surface area (Å²) < 4.78 is 1.38. The number of thioether (sulfide) groups is 2. The van der Waals surface area contributed by atoms with Crippen molar-refractivity contribution in [2.45, 2.75) is 31.3 Å². The maximum absolute atomic E-state index is 3.52. The molecule has 0 saturated carbocycles. The highest BCUT2D eigenvalue weighted by atomic mass is 79.9. The van der Waals surface area contributed by atoms with Gasteiger partial charge in [0.2, 0.25) is 0 Å². The third-order valence-electron chi connectivity index (χ3n) is 3.11. The van der Waals surface area contributed by atoms with Crippen molar-refractivity contribution in [1.29, 1.82) is 0 Å². The van der Waals surface area contributed by atoms with E-state index in [1.165, 1.54) is 23.5 Å². The molecule has 0 nitrogen and oxygen atoms in total. The van der Waals surface area contributed by atoms with Crippen LogP contribution in [0.5, 0.6) is 0 Å². The van der Waals surface area contributed by atoms with Crippen LogP contribution in [0.25, 0.3) is 0 Å². The van der Waals surface area contributed by atoms with Gasteiger partial charge in [-0.2, -0.15) is 0 Å². The number of rotatable bonds is 1. The average Bonchev–Trinajstić information content (AvgIpc) is 2.29. The molecule has 1 fully saturated rings. The predicted octanol–water partition coefficient (Wildman–Crippen LogP) is 5.52. The molecule has 0 aromatic heterocycles. The quantitative estimate of drug-likeness (QED) is 0.665. The van der Waals surface area contributed by atoms with E-state index in [0.29, 0.717) is 0 Å². The smallest absolute Gasteiger partial charge is 0.0908 e. The summed E-state index contributed by atoms with van der Waals surface area (Å²) in [6, 6.07) is 8.89. The van der Waals surface area contributed by atoms with Gasteiger partial charge in [0.05, 0.1) is 4.08 Å². The molecule has 2 rings (SSSR count). The predicted molar refractivity (Wildman–Crippen MR) is 84.8 cm³/mol. The summed E-state index contributed by atoms with van der Waals surface area (Å²) in [5, 5.41) is 0. The van der Waals surface area contributed by atoms with E-state index in [1.807, 2.05) is 0 Å². The van der Waals surface area contributed by atoms with E-state index >= 15 is 0 Å². The Morgan fingerprint density at radius 3 is 2.06 bits per heavy atom. The van der Waals surface area contributed by atoms with Gasteiger partial charge in [-0.1, -0.05) is 48.8 Å². The highest BCUT2D eigenvalue weighted by Crippen LogP contribution is 2.60. The van der Waals surface area contributed by atoms with Gasteiger partial charge < -0.3 is 0 Å². The van der Waals surface area contributed by atoms with Crippen LogP contribution in [0.2, 0.25) is 0 Å². The fourth-order valence-electron chi connectivity index (χ4n) is 2.23. The van der Waals surface area contributed by atoms with Gasteiger partial charge in [0.15, 0.2) is 0 Å². The molecule has 0 aliphatic carbocycles. The van der Waals surface area contributed by atoms with Crippen molar-refractivity contribution in [3.63, 3.8) is 0 Å². The lowest BCUT2D eigenvalue weighted by Crippen LogP contribution is -2.36. The van der Waals surface area contributed by atoms with Crippen LogP contribution in [0.1, 0.15) is 32.8 Å². The van der Waals surface area contributed by atoms with Crippen LogP contribution >= 0.6 is 39.5 Å². The number of halogens is 1. The lowest BCUT2D eigenvalue weighted by molar-refractivity contribution is 0.371. The Morgan fingerprint density at radius 1 is 1.06 bits per heavy atom. The minimum absolute atomic E-state index is 0.214. The summed E-state index contributed by atoms with van der Waals surface area (Å²) in [5.74, 6) is 2.56. The molecule has 0 radical (unpaired) electrons. The third-order valence-corrected chi connectivity index (χ3v) is 7.84. The molecule has 0 N–H and O–H groups in total. The minimum atomic E-state index is 0.214. The van der Waals surface area contributed by atoms with E-state index in [9.17, 15) is 0 Å². The lowest BCUT2D eigenvalue weighted by atomic mass is 9.86. The van der Waals surface area contributed by atoms with E-state index in [-0.39, 0.29) is 9.49 Å². The normalized spacial score (nSPS) is 20.2. The topological polar surface area (TPSA) is 0 Å². The van der Waals surface area contributed by atoms with E-state index in [2.05, 4.69) is 84.5 Å². The molecule has 1 heterocycles. The summed E-state index contributed by atoms with van der Waals surface area (Å²) >= 11 is 7.77. The molecule has 1 aromatic rings. The number of hydrogen-bond donors (Lipinski definition) is 0. The van der Waals surface area contributed by atoms with E-state index in [4.69, 9.17) is 0 Å². The van der Waals surface area contributed by atoms with Crippen LogP contribution in [0, 0.1) is 5.41 Å². The van der Waals surface area contributed by atoms with Crippen molar-refractivity contribution in [2.24, 2.45) is 5.41 Å². The fourth-order valence-corrected chi connectivity index (χ4v) is 6.14. The summed E-state index contributed by atoms with van der Waals surface area (Å²) in [6.45, 7) is 7.08. The zero-order valence-corrected chi connectivity index (χ0v) is 13.8. The van der Waals surface area contributed by atoms with E-state index in [1.54, 1.807) is 0 Å². The Kier molecular flexibility index (Phi) is 4.21. The summed E-state index contributed by atoms with van der Waals surface area (Å²) in [5.41, 5.74) is 1.74. The molecule has 1 saturated heterocycles. The first kappa shape index (κ1) is 13.8. The maximum Gasteiger partial charge on any atom is 0.0908 e. The highest BCUT2D eigenvalue weighted by molar-refractivity contribution is 9.10. The summed E-state index contributed by atoms with van der Waals surface area (Å²) in [6.07, 6.45) is 1.34. The zero-order chi connectivity index (χ0) is 12.5. The molecule has 1 aromatic carbocycles. The van der Waals surface area contributed by atoms with Crippen LogP contribution in [0.15, 0.2) is 28.7 Å². The molecule has 0 unspecified atom stereocenters. The second-order valence-corrected chi connectivity index (χ2v) is 9.22. The van der Waals surface area contributed by atoms with E-state index in [0.717, 1.165) is 4.47 Å². The molecule has 0 amide bonds. The van der Waals surface area contributed by atoms with E-state index < -0.39 is 0 Å². The van der Waals surface area contributed by atoms with Crippen molar-refractivity contribution < 1.29 is 0 Å². The van der Waals surface area contributed by atoms with Gasteiger partial charge in [0.1, 0.15) is 0 Å². The molecule has 94 valence electrons. The molecule has 3 heteroatoms. The summed E-state index contributed by atoms with van der Waals surface area (Å²) in [4.78, 5) is 0. The van der Waals surface area contributed by atoms with Crippen molar-refractivity contribution in [3.05, 3.63) is 34.3 Å². The second-order valence-electron chi connectivity index (χ2n) is 5.42. The largest absolute Gasteiger partial charge is 0.139 e. The van der Waals surface area contributed by atoms with Gasteiger partial charge >= 0.3 is 0 Å². The molecule has 1 aliphatic heterocycles. The van der Waals surface area contributed by atoms with Crippen molar-refractivity contribution in [3.8, 4) is 0 Å². The molecule has 0 spiro atoms. The Morgan fingerprint density at radius 2 is 1.59 bits per heavy atom. The van der Waals surface area contributed by atoms with Crippen molar-refractivity contribution in [2.75, 3.05) is 11.5 Å². The molecule has 0 atom stereocenters. The minimum Gasteiger partial charge on any atom is -0.139 e. The van der Waals surface area contributed by atoms with Crippen LogP contribution in [0.4, 0.5) is 0 Å². The molecule has 17 heavy (non-hydrogen) atoms.